The Labute approximate surface area is 218 Å². The standard InChI is InChI=1S/C30H35N4O2P/c1-19-18-31-30-25(29(19)32-26-7-5-6-8-28(26)37(3,4)35)17-27(33-30)20-9-13-23(14-10-20)36-24-15-21-11-12-22(16-24)34(21)2/h5-10,13-14,17-18,21-22,24H,11-12,15-16H2,1-4H3,(H2,31,32,33). The van der Waals surface area contributed by atoms with E-state index in [0.717, 1.165) is 63.1 Å². The number of rotatable bonds is 6. The van der Waals surface area contributed by atoms with Crippen molar-refractivity contribution in [3.05, 3.63) is 66.4 Å². The van der Waals surface area contributed by atoms with Gasteiger partial charge < -0.3 is 24.5 Å². The topological polar surface area (TPSA) is 70.2 Å². The molecule has 2 aromatic heterocycles. The van der Waals surface area contributed by atoms with E-state index in [2.05, 4.69) is 57.6 Å². The molecule has 192 valence electrons. The smallest absolute Gasteiger partial charge is 0.139 e. The molecule has 2 aliphatic heterocycles. The highest BCUT2D eigenvalue weighted by Gasteiger charge is 2.39. The van der Waals surface area contributed by atoms with Crippen LogP contribution in [0.2, 0.25) is 0 Å². The van der Waals surface area contributed by atoms with Gasteiger partial charge in [0.15, 0.2) is 0 Å². The average molecular weight is 515 g/mol. The van der Waals surface area contributed by atoms with Gasteiger partial charge in [0, 0.05) is 40.4 Å². The molecule has 7 heteroatoms. The number of pyridine rings is 1. The van der Waals surface area contributed by atoms with Gasteiger partial charge in [-0.05, 0) is 107 Å². The highest BCUT2D eigenvalue weighted by molar-refractivity contribution is 7.70. The molecule has 2 aliphatic rings. The van der Waals surface area contributed by atoms with E-state index in [-0.39, 0.29) is 0 Å². The predicted octanol–water partition coefficient (Wildman–Crippen LogP) is 6.53. The zero-order valence-corrected chi connectivity index (χ0v) is 22.9. The lowest BCUT2D eigenvalue weighted by Gasteiger charge is -2.36. The summed E-state index contributed by atoms with van der Waals surface area (Å²) < 4.78 is 19.3. The van der Waals surface area contributed by atoms with Crippen molar-refractivity contribution >= 4 is 34.9 Å². The largest absolute Gasteiger partial charge is 0.490 e. The lowest BCUT2D eigenvalue weighted by Crippen LogP contribution is -2.43. The molecule has 37 heavy (non-hydrogen) atoms. The second-order valence-electron chi connectivity index (χ2n) is 11.0. The lowest BCUT2D eigenvalue weighted by atomic mass is 10.0. The Balaban J connectivity index is 1.25. The molecule has 2 N–H and O–H groups in total. The molecule has 2 saturated heterocycles. The van der Waals surface area contributed by atoms with E-state index in [0.29, 0.717) is 18.2 Å². The maximum atomic E-state index is 12.9. The first-order valence-electron chi connectivity index (χ1n) is 13.2. The highest BCUT2D eigenvalue weighted by Crippen LogP contribution is 2.40. The summed E-state index contributed by atoms with van der Waals surface area (Å²) in [6.07, 6.45) is 7.01. The van der Waals surface area contributed by atoms with Crippen molar-refractivity contribution in [2.75, 3.05) is 25.7 Å². The molecule has 2 fully saturated rings. The molecule has 0 aliphatic carbocycles. The first-order valence-corrected chi connectivity index (χ1v) is 15.8. The number of nitrogens with zero attached hydrogens (tertiary/aromatic N) is 2. The van der Waals surface area contributed by atoms with Crippen LogP contribution in [-0.4, -0.2) is 53.4 Å². The number of hydrogen-bond donors (Lipinski definition) is 2. The second-order valence-corrected chi connectivity index (χ2v) is 14.2. The monoisotopic (exact) mass is 514 g/mol. The van der Waals surface area contributed by atoms with E-state index < -0.39 is 7.14 Å². The van der Waals surface area contributed by atoms with E-state index in [4.69, 9.17) is 4.74 Å². The first kappa shape index (κ1) is 24.3. The third-order valence-electron chi connectivity index (χ3n) is 8.11. The molecular formula is C30H35N4O2P. The molecular weight excluding hydrogens is 479 g/mol. The van der Waals surface area contributed by atoms with Crippen molar-refractivity contribution in [1.29, 1.82) is 0 Å². The van der Waals surface area contributed by atoms with Gasteiger partial charge in [-0.2, -0.15) is 0 Å². The maximum absolute atomic E-state index is 12.9. The average Bonchev–Trinajstić information content (AvgIpc) is 3.38. The second kappa shape index (κ2) is 9.34. The number of aryl methyl sites for hydroxylation is 1. The Morgan fingerprint density at radius 3 is 2.46 bits per heavy atom. The van der Waals surface area contributed by atoms with E-state index in [9.17, 15) is 4.57 Å². The van der Waals surface area contributed by atoms with Gasteiger partial charge in [0.1, 0.15) is 24.6 Å². The summed E-state index contributed by atoms with van der Waals surface area (Å²) in [7, 11) is -0.176. The number of hydrogen-bond acceptors (Lipinski definition) is 5. The number of aromatic amines is 1. The summed E-state index contributed by atoms with van der Waals surface area (Å²) >= 11 is 0. The summed E-state index contributed by atoms with van der Waals surface area (Å²) in [5.74, 6) is 0.935. The molecule has 4 aromatic rings. The van der Waals surface area contributed by atoms with E-state index in [1.165, 1.54) is 12.8 Å². The van der Waals surface area contributed by atoms with Crippen molar-refractivity contribution in [3.63, 3.8) is 0 Å². The number of anilines is 2. The van der Waals surface area contributed by atoms with Crippen LogP contribution in [0.25, 0.3) is 22.3 Å². The van der Waals surface area contributed by atoms with Crippen LogP contribution in [0.1, 0.15) is 31.2 Å². The van der Waals surface area contributed by atoms with Crippen molar-refractivity contribution in [2.24, 2.45) is 0 Å². The van der Waals surface area contributed by atoms with Crippen molar-refractivity contribution in [3.8, 4) is 17.0 Å². The third-order valence-corrected chi connectivity index (χ3v) is 9.67. The van der Waals surface area contributed by atoms with E-state index in [1.54, 1.807) is 13.3 Å². The minimum Gasteiger partial charge on any atom is -0.490 e. The van der Waals surface area contributed by atoms with Crippen molar-refractivity contribution in [2.45, 2.75) is 50.8 Å². The minimum absolute atomic E-state index is 0.304. The Morgan fingerprint density at radius 2 is 1.76 bits per heavy atom. The van der Waals surface area contributed by atoms with Gasteiger partial charge in [0.05, 0.1) is 5.69 Å². The number of nitrogens with one attached hydrogen (secondary N) is 2. The summed E-state index contributed by atoms with van der Waals surface area (Å²) in [6.45, 7) is 5.66. The number of H-pyrrole nitrogens is 1. The predicted molar refractivity (Wildman–Crippen MR) is 153 cm³/mol. The fourth-order valence-corrected chi connectivity index (χ4v) is 7.20. The SMILES string of the molecule is Cc1cnc2[nH]c(-c3ccc(OC4CC5CCC(C4)N5C)cc3)cc2c1Nc1ccccc1P(C)(C)=O. The molecule has 0 spiro atoms. The van der Waals surface area contributed by atoms with Gasteiger partial charge in [-0.3, -0.25) is 0 Å². The van der Waals surface area contributed by atoms with Gasteiger partial charge in [-0.15, -0.1) is 0 Å². The zero-order chi connectivity index (χ0) is 25.7. The molecule has 0 amide bonds. The molecule has 6 rings (SSSR count). The quantitative estimate of drug-likeness (QED) is 0.286. The summed E-state index contributed by atoms with van der Waals surface area (Å²) in [6, 6.07) is 19.7. The van der Waals surface area contributed by atoms with Crippen molar-refractivity contribution in [1.82, 2.24) is 14.9 Å². The molecule has 2 atom stereocenters. The zero-order valence-electron chi connectivity index (χ0n) is 22.0. The number of fused-ring (bicyclic) bond motifs is 3. The molecule has 0 radical (unpaired) electrons. The van der Waals surface area contributed by atoms with Crippen LogP contribution in [0.3, 0.4) is 0 Å². The van der Waals surface area contributed by atoms with Crippen LogP contribution in [0, 0.1) is 6.92 Å². The molecule has 6 nitrogen and oxygen atoms in total. The lowest BCUT2D eigenvalue weighted by molar-refractivity contribution is 0.0662. The molecule has 4 heterocycles. The molecule has 2 aromatic carbocycles. The Hall–Kier alpha value is -3.08. The summed E-state index contributed by atoms with van der Waals surface area (Å²) in [4.78, 5) is 10.7. The highest BCUT2D eigenvalue weighted by atomic mass is 31.2. The minimum atomic E-state index is -2.44. The first-order chi connectivity index (χ1) is 17.8. The molecule has 0 saturated carbocycles. The number of aromatic nitrogens is 2. The third kappa shape index (κ3) is 4.69. The van der Waals surface area contributed by atoms with Gasteiger partial charge >= 0.3 is 0 Å². The Morgan fingerprint density at radius 1 is 1.05 bits per heavy atom. The van der Waals surface area contributed by atoms with Gasteiger partial charge in [0.25, 0.3) is 0 Å². The van der Waals surface area contributed by atoms with Gasteiger partial charge in [-0.1, -0.05) is 12.1 Å². The van der Waals surface area contributed by atoms with Crippen molar-refractivity contribution < 1.29 is 9.30 Å². The van der Waals surface area contributed by atoms with Crippen LogP contribution < -0.4 is 15.4 Å². The van der Waals surface area contributed by atoms with E-state index >= 15 is 0 Å². The number of piperidine rings is 1. The Kier molecular flexibility index (Phi) is 6.13. The summed E-state index contributed by atoms with van der Waals surface area (Å²) in [5.41, 5.74) is 5.79. The number of para-hydroxylation sites is 1. The van der Waals surface area contributed by atoms with Crippen LogP contribution in [-0.2, 0) is 4.57 Å². The maximum Gasteiger partial charge on any atom is 0.139 e. The van der Waals surface area contributed by atoms with E-state index in [1.807, 2.05) is 37.4 Å². The van der Waals surface area contributed by atoms with Crippen LogP contribution in [0.15, 0.2) is 60.8 Å². The summed E-state index contributed by atoms with van der Waals surface area (Å²) in [5, 5.41) is 5.43. The normalized spacial score (nSPS) is 21.9. The fraction of sp³-hybridized carbons (Fsp3) is 0.367. The van der Waals surface area contributed by atoms with Gasteiger partial charge in [0.2, 0.25) is 0 Å². The molecule has 2 bridgehead atoms. The Bertz CT molecular complexity index is 1480. The number of benzene rings is 2. The van der Waals surface area contributed by atoms with Gasteiger partial charge in [-0.25, -0.2) is 4.98 Å². The molecule has 2 unspecified atom stereocenters. The van der Waals surface area contributed by atoms with Crippen LogP contribution >= 0.6 is 7.14 Å². The van der Waals surface area contributed by atoms with Crippen LogP contribution in [0.5, 0.6) is 5.75 Å². The number of ether oxygens (including phenoxy) is 1. The fourth-order valence-electron chi connectivity index (χ4n) is 6.04. The van der Waals surface area contributed by atoms with Crippen LogP contribution in [0.4, 0.5) is 11.4 Å².